The second kappa shape index (κ2) is 9.78. The van der Waals surface area contributed by atoms with E-state index >= 15 is 0 Å². The Kier molecular flexibility index (Phi) is 8.79. The molecule has 1 N–H and O–H groups in total. The lowest BCUT2D eigenvalue weighted by Crippen LogP contribution is -2.41. The highest BCUT2D eigenvalue weighted by atomic mass is 127. The predicted octanol–water partition coefficient (Wildman–Crippen LogP) is 1.72. The van der Waals surface area contributed by atoms with Gasteiger partial charge in [-0.15, -0.1) is 24.0 Å². The summed E-state index contributed by atoms with van der Waals surface area (Å²) in [5, 5.41) is 3.55. The molecule has 1 unspecified atom stereocenters. The summed E-state index contributed by atoms with van der Waals surface area (Å²) in [4.78, 5) is 6.98. The molecule has 0 aromatic carbocycles. The van der Waals surface area contributed by atoms with Crippen molar-refractivity contribution < 1.29 is 9.47 Å². The van der Waals surface area contributed by atoms with Crippen LogP contribution in [0, 0.1) is 5.92 Å². The van der Waals surface area contributed by atoms with Gasteiger partial charge in [-0.05, 0) is 26.2 Å². The molecule has 6 heteroatoms. The van der Waals surface area contributed by atoms with Crippen LogP contribution in [0.2, 0.25) is 0 Å². The summed E-state index contributed by atoms with van der Waals surface area (Å²) >= 11 is 0. The van der Waals surface area contributed by atoms with Crippen LogP contribution in [0.5, 0.6) is 0 Å². The molecule has 118 valence electrons. The molecule has 1 heterocycles. The van der Waals surface area contributed by atoms with Crippen LogP contribution in [0.25, 0.3) is 0 Å². The first-order chi connectivity index (χ1) is 9.33. The topological polar surface area (TPSA) is 46.1 Å². The van der Waals surface area contributed by atoms with E-state index in [1.807, 2.05) is 0 Å². The first-order valence-electron chi connectivity index (χ1n) is 7.46. The van der Waals surface area contributed by atoms with Gasteiger partial charge in [0.1, 0.15) is 0 Å². The van der Waals surface area contributed by atoms with Gasteiger partial charge in [0.2, 0.25) is 0 Å². The van der Waals surface area contributed by atoms with Crippen LogP contribution < -0.4 is 5.32 Å². The Labute approximate surface area is 139 Å². The van der Waals surface area contributed by atoms with Gasteiger partial charge in [-0.1, -0.05) is 0 Å². The Morgan fingerprint density at radius 1 is 1.30 bits per heavy atom. The summed E-state index contributed by atoms with van der Waals surface area (Å²) in [5.74, 6) is 1.73. The molecule has 2 fully saturated rings. The van der Waals surface area contributed by atoms with E-state index in [-0.39, 0.29) is 24.0 Å². The molecule has 0 amide bonds. The summed E-state index contributed by atoms with van der Waals surface area (Å²) in [6.07, 6.45) is 3.78. The van der Waals surface area contributed by atoms with Crippen molar-refractivity contribution in [3.63, 3.8) is 0 Å². The van der Waals surface area contributed by atoms with Crippen LogP contribution in [0.4, 0.5) is 0 Å². The molecule has 5 nitrogen and oxygen atoms in total. The summed E-state index contributed by atoms with van der Waals surface area (Å²) < 4.78 is 10.6. The summed E-state index contributed by atoms with van der Waals surface area (Å²) in [6.45, 7) is 7.31. The van der Waals surface area contributed by atoms with Crippen molar-refractivity contribution in [3.8, 4) is 0 Å². The minimum atomic E-state index is 0. The van der Waals surface area contributed by atoms with Crippen molar-refractivity contribution in [1.29, 1.82) is 0 Å². The van der Waals surface area contributed by atoms with Crippen LogP contribution in [-0.2, 0) is 9.47 Å². The average molecular weight is 397 g/mol. The number of hydrogen-bond acceptors (Lipinski definition) is 3. The van der Waals surface area contributed by atoms with Gasteiger partial charge in [0.15, 0.2) is 5.96 Å². The first-order valence-corrected chi connectivity index (χ1v) is 7.46. The maximum absolute atomic E-state index is 5.63. The Morgan fingerprint density at radius 3 is 2.75 bits per heavy atom. The smallest absolute Gasteiger partial charge is 0.194 e. The zero-order valence-electron chi connectivity index (χ0n) is 12.6. The number of guanidine groups is 1. The number of hydrogen-bond donors (Lipinski definition) is 1. The van der Waals surface area contributed by atoms with Crippen LogP contribution in [0.1, 0.15) is 26.2 Å². The molecular formula is C14H28IN3O2. The van der Waals surface area contributed by atoms with E-state index in [4.69, 9.17) is 9.47 Å². The number of nitrogens with zero attached hydrogens (tertiary/aromatic N) is 2. The number of aliphatic imine (C=N–C) groups is 1. The maximum Gasteiger partial charge on any atom is 0.194 e. The monoisotopic (exact) mass is 397 g/mol. The molecule has 1 aliphatic heterocycles. The molecule has 0 aromatic heterocycles. The van der Waals surface area contributed by atoms with E-state index in [0.717, 1.165) is 32.2 Å². The SMILES string of the molecule is CCN=C(NC1CC1)N1CCC(COCCOC)C1.I. The largest absolute Gasteiger partial charge is 0.382 e. The fraction of sp³-hybridized carbons (Fsp3) is 0.929. The first kappa shape index (κ1) is 18.0. The third kappa shape index (κ3) is 6.13. The van der Waals surface area contributed by atoms with Gasteiger partial charge >= 0.3 is 0 Å². The van der Waals surface area contributed by atoms with Crippen LogP contribution in [-0.4, -0.2) is 63.5 Å². The molecule has 2 aliphatic rings. The minimum absolute atomic E-state index is 0. The Morgan fingerprint density at radius 2 is 2.10 bits per heavy atom. The minimum Gasteiger partial charge on any atom is -0.382 e. The Balaban J connectivity index is 0.00000200. The fourth-order valence-electron chi connectivity index (χ4n) is 2.35. The van der Waals surface area contributed by atoms with Gasteiger partial charge in [0.25, 0.3) is 0 Å². The zero-order valence-corrected chi connectivity index (χ0v) is 15.0. The van der Waals surface area contributed by atoms with Gasteiger partial charge in [0, 0.05) is 38.7 Å². The molecule has 1 aliphatic carbocycles. The predicted molar refractivity (Wildman–Crippen MR) is 91.9 cm³/mol. The number of likely N-dealkylation sites (tertiary alicyclic amines) is 1. The lowest BCUT2D eigenvalue weighted by atomic mass is 10.1. The van der Waals surface area contributed by atoms with Crippen molar-refractivity contribution >= 4 is 29.9 Å². The zero-order chi connectivity index (χ0) is 13.5. The second-order valence-corrected chi connectivity index (χ2v) is 5.38. The molecule has 20 heavy (non-hydrogen) atoms. The molecule has 1 saturated heterocycles. The summed E-state index contributed by atoms with van der Waals surface area (Å²) in [7, 11) is 1.71. The van der Waals surface area contributed by atoms with E-state index in [1.165, 1.54) is 19.3 Å². The number of ether oxygens (including phenoxy) is 2. The van der Waals surface area contributed by atoms with Crippen molar-refractivity contribution in [2.24, 2.45) is 10.9 Å². The van der Waals surface area contributed by atoms with E-state index < -0.39 is 0 Å². The molecule has 1 saturated carbocycles. The highest BCUT2D eigenvalue weighted by molar-refractivity contribution is 14.0. The Bertz CT molecular complexity index is 298. The summed E-state index contributed by atoms with van der Waals surface area (Å²) in [6, 6.07) is 0.669. The van der Waals surface area contributed by atoms with E-state index in [9.17, 15) is 0 Å². The number of halogens is 1. The van der Waals surface area contributed by atoms with E-state index in [1.54, 1.807) is 7.11 Å². The highest BCUT2D eigenvalue weighted by Crippen LogP contribution is 2.21. The number of methoxy groups -OCH3 is 1. The molecule has 0 radical (unpaired) electrons. The lowest BCUT2D eigenvalue weighted by Gasteiger charge is -2.22. The quantitative estimate of drug-likeness (QED) is 0.308. The second-order valence-electron chi connectivity index (χ2n) is 5.38. The van der Waals surface area contributed by atoms with Crippen molar-refractivity contribution in [3.05, 3.63) is 0 Å². The molecule has 0 spiro atoms. The number of nitrogens with one attached hydrogen (secondary N) is 1. The maximum atomic E-state index is 5.63. The molecule has 2 rings (SSSR count). The van der Waals surface area contributed by atoms with Crippen LogP contribution in [0.3, 0.4) is 0 Å². The third-order valence-electron chi connectivity index (χ3n) is 3.59. The normalized spacial score (nSPS) is 22.8. The molecule has 1 atom stereocenters. The van der Waals surface area contributed by atoms with E-state index in [0.29, 0.717) is 25.2 Å². The highest BCUT2D eigenvalue weighted by Gasteiger charge is 2.29. The van der Waals surface area contributed by atoms with E-state index in [2.05, 4.69) is 22.1 Å². The van der Waals surface area contributed by atoms with Gasteiger partial charge < -0.3 is 19.7 Å². The fourth-order valence-corrected chi connectivity index (χ4v) is 2.35. The van der Waals surface area contributed by atoms with Gasteiger partial charge in [-0.3, -0.25) is 4.99 Å². The van der Waals surface area contributed by atoms with Gasteiger partial charge in [-0.25, -0.2) is 0 Å². The Hall–Kier alpha value is -0.0800. The van der Waals surface area contributed by atoms with Crippen LogP contribution >= 0.6 is 24.0 Å². The molecular weight excluding hydrogens is 369 g/mol. The van der Waals surface area contributed by atoms with Gasteiger partial charge in [-0.2, -0.15) is 0 Å². The number of rotatable bonds is 7. The van der Waals surface area contributed by atoms with Crippen LogP contribution in [0.15, 0.2) is 4.99 Å². The van der Waals surface area contributed by atoms with Crippen molar-refractivity contribution in [2.75, 3.05) is 46.6 Å². The lowest BCUT2D eigenvalue weighted by molar-refractivity contribution is 0.0536. The average Bonchev–Trinajstić information content (AvgIpc) is 3.11. The molecule has 0 aromatic rings. The molecule has 0 bridgehead atoms. The van der Waals surface area contributed by atoms with Gasteiger partial charge in [0.05, 0.1) is 19.8 Å². The standard InChI is InChI=1S/C14H27N3O2.HI/c1-3-15-14(16-13-4-5-13)17-7-6-12(10-17)11-19-9-8-18-2;/h12-13H,3-11H2,1-2H3,(H,15,16);1H. The summed E-state index contributed by atoms with van der Waals surface area (Å²) in [5.41, 5.74) is 0. The van der Waals surface area contributed by atoms with Crippen molar-refractivity contribution in [1.82, 2.24) is 10.2 Å². The third-order valence-corrected chi connectivity index (χ3v) is 3.59. The van der Waals surface area contributed by atoms with Crippen molar-refractivity contribution in [2.45, 2.75) is 32.2 Å².